The van der Waals surface area contributed by atoms with Gasteiger partial charge in [0.15, 0.2) is 4.34 Å². The van der Waals surface area contributed by atoms with Gasteiger partial charge in [0.2, 0.25) is 0 Å². The summed E-state index contributed by atoms with van der Waals surface area (Å²) >= 11 is 6.67. The van der Waals surface area contributed by atoms with Crippen molar-refractivity contribution < 1.29 is 9.72 Å². The highest BCUT2D eigenvalue weighted by atomic mass is 35.5. The maximum Gasteiger partial charge on any atom is 0.299 e. The molecule has 8 heteroatoms. The maximum atomic E-state index is 12.2. The number of thiophene rings is 1. The van der Waals surface area contributed by atoms with Crippen LogP contribution in [0.1, 0.15) is 15.2 Å². The molecule has 2 heterocycles. The normalized spacial score (nSPS) is 13.1. The second-order valence-corrected chi connectivity index (χ2v) is 6.65. The molecule has 1 amide bonds. The molecule has 22 heavy (non-hydrogen) atoms. The minimum Gasteiger partial charge on any atom is -0.374 e. The van der Waals surface area contributed by atoms with Crippen molar-refractivity contribution in [2.75, 3.05) is 23.8 Å². The number of benzene rings is 1. The summed E-state index contributed by atoms with van der Waals surface area (Å²) in [4.78, 5) is 24.7. The number of anilines is 2. The standard InChI is InChI=1S/C14H12ClN3O3S/c1-17-5-4-8-6-9(2-3-10(8)17)16-14(19)12-7-11(18(20)21)13(15)22-12/h2-3,6-7H,4-5H2,1H3,(H,16,19). The van der Waals surface area contributed by atoms with Crippen LogP contribution in [0.3, 0.4) is 0 Å². The van der Waals surface area contributed by atoms with E-state index in [1.807, 2.05) is 25.2 Å². The molecule has 1 N–H and O–H groups in total. The molecule has 0 atom stereocenters. The lowest BCUT2D eigenvalue weighted by Gasteiger charge is -2.12. The Morgan fingerprint density at radius 1 is 1.45 bits per heavy atom. The number of amides is 1. The smallest absolute Gasteiger partial charge is 0.299 e. The summed E-state index contributed by atoms with van der Waals surface area (Å²) in [6, 6.07) is 6.91. The summed E-state index contributed by atoms with van der Waals surface area (Å²) < 4.78 is 0.00530. The summed E-state index contributed by atoms with van der Waals surface area (Å²) in [5.41, 5.74) is 2.77. The first-order chi connectivity index (χ1) is 10.5. The number of nitrogens with one attached hydrogen (secondary N) is 1. The van der Waals surface area contributed by atoms with Crippen LogP contribution in [0.15, 0.2) is 24.3 Å². The van der Waals surface area contributed by atoms with Crippen molar-refractivity contribution in [3.8, 4) is 0 Å². The second-order valence-electron chi connectivity index (χ2n) is 5.00. The summed E-state index contributed by atoms with van der Waals surface area (Å²) in [5, 5.41) is 13.5. The van der Waals surface area contributed by atoms with E-state index in [4.69, 9.17) is 11.6 Å². The van der Waals surface area contributed by atoms with Crippen molar-refractivity contribution in [2.45, 2.75) is 6.42 Å². The van der Waals surface area contributed by atoms with Gasteiger partial charge in [0, 0.05) is 31.0 Å². The van der Waals surface area contributed by atoms with Gasteiger partial charge in [-0.15, -0.1) is 11.3 Å². The van der Waals surface area contributed by atoms with E-state index in [0.717, 1.165) is 30.0 Å². The number of carbonyl (C=O) groups is 1. The summed E-state index contributed by atoms with van der Waals surface area (Å²) in [6.07, 6.45) is 0.936. The van der Waals surface area contributed by atoms with E-state index >= 15 is 0 Å². The number of hydrogen-bond donors (Lipinski definition) is 1. The van der Waals surface area contributed by atoms with Gasteiger partial charge in [0.05, 0.1) is 4.92 Å². The lowest BCUT2D eigenvalue weighted by Crippen LogP contribution is -2.12. The molecule has 0 bridgehead atoms. The molecule has 0 saturated carbocycles. The molecule has 1 aliphatic rings. The van der Waals surface area contributed by atoms with Crippen LogP contribution in [0.25, 0.3) is 0 Å². The zero-order valence-electron chi connectivity index (χ0n) is 11.6. The Balaban J connectivity index is 1.80. The summed E-state index contributed by atoms with van der Waals surface area (Å²) in [7, 11) is 2.02. The number of rotatable bonds is 3. The number of hydrogen-bond acceptors (Lipinski definition) is 5. The molecule has 3 rings (SSSR count). The number of carbonyl (C=O) groups excluding carboxylic acids is 1. The SMILES string of the molecule is CN1CCc2cc(NC(=O)c3cc([N+](=O)[O-])c(Cl)s3)ccc21. The maximum absolute atomic E-state index is 12.2. The fourth-order valence-corrected chi connectivity index (χ4v) is 3.55. The molecule has 0 aliphatic carbocycles. The number of likely N-dealkylation sites (N-methyl/N-ethyl adjacent to an activating group) is 1. The van der Waals surface area contributed by atoms with Crippen LogP contribution in [0.4, 0.5) is 17.1 Å². The Labute approximate surface area is 135 Å². The first-order valence-corrected chi connectivity index (χ1v) is 7.74. The van der Waals surface area contributed by atoms with Gasteiger partial charge >= 0.3 is 0 Å². The molecule has 1 aromatic heterocycles. The molecule has 114 valence electrons. The summed E-state index contributed by atoms with van der Waals surface area (Å²) in [5.74, 6) is -0.397. The average molecular weight is 338 g/mol. The fraction of sp³-hybridized carbons (Fsp3) is 0.214. The van der Waals surface area contributed by atoms with E-state index in [1.165, 1.54) is 11.6 Å². The molecular weight excluding hydrogens is 326 g/mol. The molecule has 0 fully saturated rings. The van der Waals surface area contributed by atoms with E-state index in [2.05, 4.69) is 10.2 Å². The fourth-order valence-electron chi connectivity index (χ4n) is 2.43. The van der Waals surface area contributed by atoms with Crippen molar-refractivity contribution >= 4 is 45.9 Å². The zero-order valence-corrected chi connectivity index (χ0v) is 13.2. The van der Waals surface area contributed by atoms with Crippen LogP contribution in [0.5, 0.6) is 0 Å². The number of fused-ring (bicyclic) bond motifs is 1. The Morgan fingerprint density at radius 3 is 2.91 bits per heavy atom. The van der Waals surface area contributed by atoms with Gasteiger partial charge in [0.1, 0.15) is 4.88 Å². The minimum atomic E-state index is -0.596. The monoisotopic (exact) mass is 337 g/mol. The van der Waals surface area contributed by atoms with E-state index in [1.54, 1.807) is 0 Å². The Hall–Kier alpha value is -2.12. The molecule has 0 radical (unpaired) electrons. The van der Waals surface area contributed by atoms with Gasteiger partial charge in [-0.1, -0.05) is 11.6 Å². The highest BCUT2D eigenvalue weighted by Crippen LogP contribution is 2.34. The van der Waals surface area contributed by atoms with E-state index in [0.29, 0.717) is 5.69 Å². The highest BCUT2D eigenvalue weighted by Gasteiger charge is 2.22. The third-order valence-electron chi connectivity index (χ3n) is 3.55. The molecule has 1 aromatic carbocycles. The zero-order chi connectivity index (χ0) is 15.9. The van der Waals surface area contributed by atoms with Gasteiger partial charge in [-0.25, -0.2) is 0 Å². The predicted octanol–water partition coefficient (Wildman–Crippen LogP) is 3.55. The first-order valence-electron chi connectivity index (χ1n) is 6.55. The molecule has 1 aliphatic heterocycles. The van der Waals surface area contributed by atoms with Gasteiger partial charge in [0.25, 0.3) is 11.6 Å². The van der Waals surface area contributed by atoms with Crippen LogP contribution in [0, 0.1) is 10.1 Å². The molecule has 0 spiro atoms. The Bertz CT molecular complexity index is 775. The predicted molar refractivity (Wildman–Crippen MR) is 87.4 cm³/mol. The van der Waals surface area contributed by atoms with Gasteiger partial charge in [-0.3, -0.25) is 14.9 Å². The third-order valence-corrected chi connectivity index (χ3v) is 4.89. The molecule has 0 saturated heterocycles. The van der Waals surface area contributed by atoms with Crippen LogP contribution < -0.4 is 10.2 Å². The largest absolute Gasteiger partial charge is 0.374 e. The molecule has 6 nitrogen and oxygen atoms in total. The van der Waals surface area contributed by atoms with Crippen molar-refractivity contribution in [1.82, 2.24) is 0 Å². The second kappa shape index (κ2) is 5.58. The van der Waals surface area contributed by atoms with Crippen molar-refractivity contribution in [1.29, 1.82) is 0 Å². The van der Waals surface area contributed by atoms with Crippen molar-refractivity contribution in [3.63, 3.8) is 0 Å². The number of nitrogens with zero attached hydrogens (tertiary/aromatic N) is 2. The molecular formula is C14H12ClN3O3S. The highest BCUT2D eigenvalue weighted by molar-refractivity contribution is 7.18. The Morgan fingerprint density at radius 2 is 2.23 bits per heavy atom. The van der Waals surface area contributed by atoms with Gasteiger partial charge in [-0.2, -0.15) is 0 Å². The lowest BCUT2D eigenvalue weighted by atomic mass is 10.1. The van der Waals surface area contributed by atoms with Crippen molar-refractivity contribution in [3.05, 3.63) is 49.2 Å². The third kappa shape index (κ3) is 2.65. The van der Waals surface area contributed by atoms with E-state index in [-0.39, 0.29) is 14.9 Å². The van der Waals surface area contributed by atoms with Crippen LogP contribution >= 0.6 is 22.9 Å². The molecule has 0 unspecified atom stereocenters. The van der Waals surface area contributed by atoms with Gasteiger partial charge < -0.3 is 10.2 Å². The molecule has 2 aromatic rings. The minimum absolute atomic E-state index is 0.00530. The average Bonchev–Trinajstić information content (AvgIpc) is 3.03. The number of halogens is 1. The van der Waals surface area contributed by atoms with Crippen LogP contribution in [-0.2, 0) is 6.42 Å². The summed E-state index contributed by atoms with van der Waals surface area (Å²) in [6.45, 7) is 0.958. The topological polar surface area (TPSA) is 75.5 Å². The van der Waals surface area contributed by atoms with E-state index in [9.17, 15) is 14.9 Å². The van der Waals surface area contributed by atoms with Crippen LogP contribution in [0.2, 0.25) is 4.34 Å². The Kier molecular flexibility index (Phi) is 3.76. The quantitative estimate of drug-likeness (QED) is 0.686. The van der Waals surface area contributed by atoms with Crippen LogP contribution in [-0.4, -0.2) is 24.4 Å². The number of nitro groups is 1. The van der Waals surface area contributed by atoms with Gasteiger partial charge in [-0.05, 0) is 30.2 Å². The van der Waals surface area contributed by atoms with E-state index < -0.39 is 10.8 Å². The van der Waals surface area contributed by atoms with Crippen molar-refractivity contribution in [2.24, 2.45) is 0 Å². The lowest BCUT2D eigenvalue weighted by molar-refractivity contribution is -0.384. The first kappa shape index (κ1) is 14.8.